The van der Waals surface area contributed by atoms with Gasteiger partial charge in [-0.05, 0) is 77.3 Å². The van der Waals surface area contributed by atoms with E-state index in [1.807, 2.05) is 36.4 Å². The van der Waals surface area contributed by atoms with Crippen LogP contribution in [-0.2, 0) is 47.3 Å². The Morgan fingerprint density at radius 1 is 0.367 bits per heavy atom. The van der Waals surface area contributed by atoms with Crippen LogP contribution in [-0.4, -0.2) is 15.3 Å². The number of rotatable bonds is 0. The molecule has 4 aromatic carbocycles. The van der Waals surface area contributed by atoms with E-state index < -0.39 is 0 Å². The van der Waals surface area contributed by atoms with Gasteiger partial charge in [-0.25, -0.2) is 0 Å². The molecule has 1 aliphatic carbocycles. The largest absolute Gasteiger partial charge is 1.00 e. The summed E-state index contributed by atoms with van der Waals surface area (Å²) in [5.74, 6) is 0.451. The van der Waals surface area contributed by atoms with E-state index in [2.05, 4.69) is 95.2 Å². The van der Waals surface area contributed by atoms with Crippen molar-refractivity contribution >= 4 is 0 Å². The molecule has 4 aromatic rings. The van der Waals surface area contributed by atoms with Crippen LogP contribution >= 0.6 is 0 Å². The summed E-state index contributed by atoms with van der Waals surface area (Å²) in [5.41, 5.74) is 8.96. The van der Waals surface area contributed by atoms with Gasteiger partial charge in [0.2, 0.25) is 0 Å². The molecule has 0 unspecified atom stereocenters. The van der Waals surface area contributed by atoms with Crippen LogP contribution < -0.4 is 24.0 Å². The van der Waals surface area contributed by atoms with Gasteiger partial charge < -0.3 is 20.4 Å². The quantitative estimate of drug-likeness (QED) is 0.162. The number of hydrogen-bond donors (Lipinski definition) is 3. The summed E-state index contributed by atoms with van der Waals surface area (Å²) in [6, 6.07) is 16.3. The molecule has 3 N–H and O–H groups in total. The Morgan fingerprint density at radius 2 is 0.531 bits per heavy atom. The molecule has 0 aliphatic heterocycles. The second-order valence-electron chi connectivity index (χ2n) is 18.3. The van der Waals surface area contributed by atoms with Gasteiger partial charge in [0.15, 0.2) is 0 Å². The average Bonchev–Trinajstić information content (AvgIpc) is 2.93. The maximum atomic E-state index is 14.3. The van der Waals surface area contributed by atoms with E-state index in [-0.39, 0.29) is 76.4 Å². The van der Waals surface area contributed by atoms with Gasteiger partial charge >= 0.3 is 18.9 Å². The summed E-state index contributed by atoms with van der Waals surface area (Å²) in [7, 11) is 0. The first-order valence-electron chi connectivity index (χ1n) is 17.3. The first-order chi connectivity index (χ1) is 21.9. The molecule has 8 bridgehead atoms. The predicted octanol–water partition coefficient (Wildman–Crippen LogP) is 6.75. The molecule has 0 radical (unpaired) electrons. The van der Waals surface area contributed by atoms with Gasteiger partial charge in [0.1, 0.15) is 17.2 Å². The van der Waals surface area contributed by atoms with E-state index in [0.717, 1.165) is 44.5 Å². The van der Waals surface area contributed by atoms with Crippen molar-refractivity contribution in [2.24, 2.45) is 0 Å². The monoisotopic (exact) mass is 654 g/mol. The number of fused-ring (bicyclic) bond motifs is 8. The molecule has 0 fully saturated rings. The van der Waals surface area contributed by atoms with E-state index in [1.54, 1.807) is 0 Å². The zero-order chi connectivity index (χ0) is 35.7. The van der Waals surface area contributed by atoms with E-state index in [9.17, 15) is 20.4 Å². The molecule has 0 spiro atoms. The van der Waals surface area contributed by atoms with Crippen LogP contribution in [0.5, 0.6) is 23.0 Å². The van der Waals surface area contributed by atoms with Crippen LogP contribution in [0, 0.1) is 0 Å². The zero-order valence-corrected chi connectivity index (χ0v) is 32.2. The zero-order valence-electron chi connectivity index (χ0n) is 32.2. The third-order valence-corrected chi connectivity index (χ3v) is 10.0. The summed E-state index contributed by atoms with van der Waals surface area (Å²) < 4.78 is 0. The average molecular weight is 655 g/mol. The Labute approximate surface area is 306 Å². The Bertz CT molecular complexity index is 1520. The van der Waals surface area contributed by atoms with Crippen LogP contribution in [0.2, 0.25) is 0 Å². The normalized spacial score (nSPS) is 14.0. The standard InChI is InChI=1S/C44H56O4.Li/c1-41(2,3)33-17-25-13-27-19-34(42(4,5)6)21-29(38(27)46)15-31-23-36(44(10,11)12)24-32(40(31)48)16-30-22-35(43(7,8)9)20-28(39(30)47)14-26(18-33)37(25)45;/h17-24,45-48H,13-16H2,1-12H3;/q;+1/p-1. The van der Waals surface area contributed by atoms with Gasteiger partial charge in [-0.1, -0.05) is 143 Å². The predicted molar refractivity (Wildman–Crippen MR) is 196 cm³/mol. The molecule has 0 atom stereocenters. The summed E-state index contributed by atoms with van der Waals surface area (Å²) in [5, 5.41) is 50.0. The van der Waals surface area contributed by atoms with Gasteiger partial charge in [-0.2, -0.15) is 0 Å². The first-order valence-corrected chi connectivity index (χ1v) is 17.3. The van der Waals surface area contributed by atoms with Gasteiger partial charge in [0.05, 0.1) is 0 Å². The number of hydrogen-bond acceptors (Lipinski definition) is 4. The smallest absolute Gasteiger partial charge is 0.872 e. The van der Waals surface area contributed by atoms with E-state index in [1.165, 1.54) is 0 Å². The Kier molecular flexibility index (Phi) is 10.3. The van der Waals surface area contributed by atoms with E-state index >= 15 is 0 Å². The van der Waals surface area contributed by atoms with Crippen LogP contribution in [0.4, 0.5) is 0 Å². The van der Waals surface area contributed by atoms with Gasteiger partial charge in [-0.15, -0.1) is 5.75 Å². The minimum atomic E-state index is -0.218. The minimum Gasteiger partial charge on any atom is -0.872 e. The fraction of sp³-hybridized carbons (Fsp3) is 0.455. The summed E-state index contributed by atoms with van der Waals surface area (Å²) in [6.07, 6.45) is 1.19. The third-order valence-electron chi connectivity index (χ3n) is 10.0. The van der Waals surface area contributed by atoms with Crippen molar-refractivity contribution in [3.63, 3.8) is 0 Å². The Hall–Kier alpha value is -3.32. The molecule has 4 nitrogen and oxygen atoms in total. The second kappa shape index (κ2) is 13.1. The minimum absolute atomic E-state index is 0. The Balaban J connectivity index is 0.00000541. The van der Waals surface area contributed by atoms with Gasteiger partial charge in [0, 0.05) is 25.7 Å². The molecule has 49 heavy (non-hydrogen) atoms. The molecule has 0 aromatic heterocycles. The molecule has 256 valence electrons. The third kappa shape index (κ3) is 8.03. The number of phenolic OH excluding ortho intramolecular Hbond substituents is 3. The van der Waals surface area contributed by atoms with Crippen molar-refractivity contribution in [2.45, 2.75) is 130 Å². The first kappa shape index (κ1) is 38.5. The molecule has 0 amide bonds. The Morgan fingerprint density at radius 3 is 0.714 bits per heavy atom. The molecule has 5 rings (SSSR count). The van der Waals surface area contributed by atoms with Crippen molar-refractivity contribution in [3.05, 3.63) is 115 Å². The fourth-order valence-corrected chi connectivity index (χ4v) is 6.66. The number of phenols is 3. The maximum Gasteiger partial charge on any atom is 1.00 e. The number of benzene rings is 4. The molecule has 0 saturated heterocycles. The van der Waals surface area contributed by atoms with Crippen molar-refractivity contribution in [1.82, 2.24) is 0 Å². The maximum absolute atomic E-state index is 14.3. The molecular weight excluding hydrogens is 599 g/mol. The van der Waals surface area contributed by atoms with Crippen molar-refractivity contribution in [2.75, 3.05) is 0 Å². The van der Waals surface area contributed by atoms with Crippen molar-refractivity contribution in [1.29, 1.82) is 0 Å². The van der Waals surface area contributed by atoms with Crippen molar-refractivity contribution < 1.29 is 39.3 Å². The topological polar surface area (TPSA) is 83.8 Å². The molecular formula is C44H55LiO4. The van der Waals surface area contributed by atoms with Gasteiger partial charge in [-0.3, -0.25) is 0 Å². The molecule has 0 saturated carbocycles. The number of aromatic hydroxyl groups is 3. The van der Waals surface area contributed by atoms with E-state index in [0.29, 0.717) is 35.1 Å². The van der Waals surface area contributed by atoms with E-state index in [4.69, 9.17) is 0 Å². The van der Waals surface area contributed by atoms with Crippen molar-refractivity contribution in [3.8, 4) is 23.0 Å². The summed E-state index contributed by atoms with van der Waals surface area (Å²) >= 11 is 0. The second-order valence-corrected chi connectivity index (χ2v) is 18.3. The van der Waals surface area contributed by atoms with Gasteiger partial charge in [0.25, 0.3) is 0 Å². The van der Waals surface area contributed by atoms with Crippen LogP contribution in [0.1, 0.15) is 150 Å². The SMILES string of the molecule is CC(C)(C)c1cc2c([O-])c(c1)Cc1cc(C(C)(C)C)cc(c1O)Cc1cc(C(C)(C)C)cc(c1O)Cc1cc(C(C)(C)C)cc(c1O)C2.[Li+]. The van der Waals surface area contributed by atoms with Crippen LogP contribution in [0.15, 0.2) is 48.5 Å². The van der Waals surface area contributed by atoms with Crippen LogP contribution in [0.25, 0.3) is 0 Å². The molecule has 5 heteroatoms. The van der Waals surface area contributed by atoms with Crippen LogP contribution in [0.3, 0.4) is 0 Å². The molecule has 0 heterocycles. The molecule has 1 aliphatic rings. The summed E-state index contributed by atoms with van der Waals surface area (Å²) in [6.45, 7) is 25.8. The summed E-state index contributed by atoms with van der Waals surface area (Å²) in [4.78, 5) is 0. The fourth-order valence-electron chi connectivity index (χ4n) is 6.66.